The Morgan fingerprint density at radius 1 is 1.00 bits per heavy atom. The van der Waals surface area contributed by atoms with Crippen molar-refractivity contribution in [3.05, 3.63) is 100 Å². The average Bonchev–Trinajstić information content (AvgIpc) is 3.50. The van der Waals surface area contributed by atoms with Crippen LogP contribution in [0.15, 0.2) is 84.2 Å². The first-order valence-corrected chi connectivity index (χ1v) is 10.6. The zero-order chi connectivity index (χ0) is 23.8. The summed E-state index contributed by atoms with van der Waals surface area (Å²) in [6.45, 7) is -0.815. The van der Waals surface area contributed by atoms with Crippen LogP contribution in [-0.2, 0) is 0 Å². The maximum absolute atomic E-state index is 12.9. The van der Waals surface area contributed by atoms with Gasteiger partial charge in [-0.3, -0.25) is 4.79 Å². The van der Waals surface area contributed by atoms with Gasteiger partial charge in [0.15, 0.2) is 5.69 Å². The van der Waals surface area contributed by atoms with Gasteiger partial charge in [-0.05, 0) is 54.4 Å². The van der Waals surface area contributed by atoms with Gasteiger partial charge in [-0.2, -0.15) is 24.1 Å². The molecule has 0 radical (unpaired) electrons. The third kappa shape index (κ3) is 4.01. The van der Waals surface area contributed by atoms with Crippen molar-refractivity contribution in [3.63, 3.8) is 0 Å². The molecule has 3 aromatic heterocycles. The Morgan fingerprint density at radius 3 is 2.59 bits per heavy atom. The van der Waals surface area contributed by atoms with Crippen molar-refractivity contribution in [2.24, 2.45) is 0 Å². The summed E-state index contributed by atoms with van der Waals surface area (Å²) in [6, 6.07) is 15.8. The number of aryl methyl sites for hydroxylation is 1. The molecule has 34 heavy (non-hydrogen) atoms. The molecule has 0 bridgehead atoms. The van der Waals surface area contributed by atoms with Crippen molar-refractivity contribution < 1.29 is 8.78 Å². The van der Waals surface area contributed by atoms with E-state index < -0.39 is 6.55 Å². The standard InChI is InChI=1S/C24H17ClF2N6O/c1-15-11-16(17-13-29-32(14-17)24(26)27)5-6-20(15)31-10-8-22(34)23(30-31)21-7-9-28-33(21)19-4-2-3-18(25)12-19/h2-14,24H,1H3. The van der Waals surface area contributed by atoms with E-state index >= 15 is 0 Å². The lowest BCUT2D eigenvalue weighted by atomic mass is 10.1. The lowest BCUT2D eigenvalue weighted by Crippen LogP contribution is -2.15. The van der Waals surface area contributed by atoms with Gasteiger partial charge in [-0.15, -0.1) is 0 Å². The minimum Gasteiger partial charge on any atom is -0.287 e. The molecule has 0 N–H and O–H groups in total. The largest absolute Gasteiger partial charge is 0.333 e. The molecule has 0 saturated heterocycles. The highest BCUT2D eigenvalue weighted by Crippen LogP contribution is 2.26. The molecule has 5 aromatic rings. The maximum atomic E-state index is 12.9. The molecule has 0 amide bonds. The molecule has 0 aliphatic carbocycles. The van der Waals surface area contributed by atoms with Crippen LogP contribution in [0, 0.1) is 6.92 Å². The molecule has 0 spiro atoms. The predicted molar refractivity (Wildman–Crippen MR) is 125 cm³/mol. The van der Waals surface area contributed by atoms with Crippen molar-refractivity contribution in [2.45, 2.75) is 13.5 Å². The fourth-order valence-corrected chi connectivity index (χ4v) is 3.89. The van der Waals surface area contributed by atoms with Crippen molar-refractivity contribution in [2.75, 3.05) is 0 Å². The van der Waals surface area contributed by atoms with Crippen molar-refractivity contribution in [3.8, 4) is 33.9 Å². The lowest BCUT2D eigenvalue weighted by Gasteiger charge is -2.12. The predicted octanol–water partition coefficient (Wildman–Crippen LogP) is 5.31. The number of aromatic nitrogens is 6. The van der Waals surface area contributed by atoms with E-state index in [-0.39, 0.29) is 11.1 Å². The summed E-state index contributed by atoms with van der Waals surface area (Å²) in [5, 5.41) is 13.1. The van der Waals surface area contributed by atoms with E-state index in [0.29, 0.717) is 26.6 Å². The van der Waals surface area contributed by atoms with E-state index in [4.69, 9.17) is 11.6 Å². The first-order chi connectivity index (χ1) is 16.4. The molecule has 10 heteroatoms. The van der Waals surface area contributed by atoms with Gasteiger partial charge in [0.25, 0.3) is 0 Å². The van der Waals surface area contributed by atoms with E-state index in [0.717, 1.165) is 16.8 Å². The Morgan fingerprint density at radius 2 is 1.85 bits per heavy atom. The molecule has 0 atom stereocenters. The second-order valence-electron chi connectivity index (χ2n) is 7.57. The zero-order valence-corrected chi connectivity index (χ0v) is 18.6. The smallest absolute Gasteiger partial charge is 0.287 e. The SMILES string of the molecule is Cc1cc(-c2cnn(C(F)F)c2)ccc1-n1ccc(=O)c(-c2ccnn2-c2cccc(Cl)c2)n1. The molecule has 0 unspecified atom stereocenters. The molecular formula is C24H17ClF2N6O. The third-order valence-electron chi connectivity index (χ3n) is 5.32. The van der Waals surface area contributed by atoms with Gasteiger partial charge in [-0.25, -0.2) is 14.0 Å². The molecule has 170 valence electrons. The van der Waals surface area contributed by atoms with Gasteiger partial charge < -0.3 is 0 Å². The highest BCUT2D eigenvalue weighted by atomic mass is 35.5. The fourth-order valence-electron chi connectivity index (χ4n) is 3.70. The van der Waals surface area contributed by atoms with Gasteiger partial charge in [0.05, 0.1) is 29.5 Å². The quantitative estimate of drug-likeness (QED) is 0.343. The van der Waals surface area contributed by atoms with Crippen LogP contribution in [-0.4, -0.2) is 29.3 Å². The summed E-state index contributed by atoms with van der Waals surface area (Å²) in [4.78, 5) is 12.7. The van der Waals surface area contributed by atoms with Crippen LogP contribution in [0.1, 0.15) is 12.1 Å². The Bertz CT molecular complexity index is 1560. The number of hydrogen-bond donors (Lipinski definition) is 0. The first-order valence-electron chi connectivity index (χ1n) is 10.2. The zero-order valence-electron chi connectivity index (χ0n) is 17.8. The number of halogens is 3. The minimum absolute atomic E-state index is 0.224. The van der Waals surface area contributed by atoms with Crippen LogP contribution in [0.25, 0.3) is 33.9 Å². The summed E-state index contributed by atoms with van der Waals surface area (Å²) >= 11 is 6.12. The normalized spacial score (nSPS) is 11.3. The van der Waals surface area contributed by atoms with Crippen LogP contribution < -0.4 is 5.43 Å². The number of nitrogens with zero attached hydrogens (tertiary/aromatic N) is 6. The summed E-state index contributed by atoms with van der Waals surface area (Å²) in [7, 11) is 0. The average molecular weight is 479 g/mol. The number of benzene rings is 2. The fraction of sp³-hybridized carbons (Fsp3) is 0.0833. The van der Waals surface area contributed by atoms with E-state index in [9.17, 15) is 13.6 Å². The highest BCUT2D eigenvalue weighted by Gasteiger charge is 2.15. The Labute approximate surface area is 197 Å². The van der Waals surface area contributed by atoms with Gasteiger partial charge in [-0.1, -0.05) is 23.7 Å². The Balaban J connectivity index is 1.54. The summed E-state index contributed by atoms with van der Waals surface area (Å²) < 4.78 is 29.5. The summed E-state index contributed by atoms with van der Waals surface area (Å²) in [5.74, 6) is 0. The van der Waals surface area contributed by atoms with Crippen LogP contribution in [0.5, 0.6) is 0 Å². The first kappa shape index (κ1) is 21.7. The molecule has 0 fully saturated rings. The molecule has 0 aliphatic heterocycles. The van der Waals surface area contributed by atoms with Crippen molar-refractivity contribution in [1.82, 2.24) is 29.3 Å². The number of rotatable bonds is 5. The van der Waals surface area contributed by atoms with E-state index in [2.05, 4.69) is 15.3 Å². The maximum Gasteiger partial charge on any atom is 0.333 e. The second-order valence-corrected chi connectivity index (χ2v) is 8.01. The van der Waals surface area contributed by atoms with Crippen molar-refractivity contribution >= 4 is 11.6 Å². The number of hydrogen-bond acceptors (Lipinski definition) is 4. The monoisotopic (exact) mass is 478 g/mol. The van der Waals surface area contributed by atoms with Crippen molar-refractivity contribution in [1.29, 1.82) is 0 Å². The van der Waals surface area contributed by atoms with Crippen LogP contribution in [0.3, 0.4) is 0 Å². The Hall–Kier alpha value is -4.11. The minimum atomic E-state index is -2.70. The molecule has 5 rings (SSSR count). The van der Waals surface area contributed by atoms with Crippen LogP contribution in [0.4, 0.5) is 8.78 Å². The van der Waals surface area contributed by atoms with Crippen LogP contribution in [0.2, 0.25) is 5.02 Å². The third-order valence-corrected chi connectivity index (χ3v) is 5.56. The molecule has 7 nitrogen and oxygen atoms in total. The van der Waals surface area contributed by atoms with Gasteiger partial charge in [0.2, 0.25) is 5.43 Å². The highest BCUT2D eigenvalue weighted by molar-refractivity contribution is 6.30. The van der Waals surface area contributed by atoms with Gasteiger partial charge in [0, 0.05) is 29.0 Å². The van der Waals surface area contributed by atoms with Gasteiger partial charge >= 0.3 is 6.55 Å². The molecule has 0 aliphatic rings. The van der Waals surface area contributed by atoms with E-state index in [1.807, 2.05) is 25.1 Å². The Kier molecular flexibility index (Phi) is 5.54. The molecule has 0 saturated carbocycles. The van der Waals surface area contributed by atoms with Gasteiger partial charge in [0.1, 0.15) is 0 Å². The molecule has 3 heterocycles. The lowest BCUT2D eigenvalue weighted by molar-refractivity contribution is 0.0566. The van der Waals surface area contributed by atoms with E-state index in [1.54, 1.807) is 52.1 Å². The summed E-state index contributed by atoms with van der Waals surface area (Å²) in [6.07, 6.45) is 5.87. The summed E-state index contributed by atoms with van der Waals surface area (Å²) in [5.41, 5.74) is 4.09. The topological polar surface area (TPSA) is 70.5 Å². The molecule has 2 aromatic carbocycles. The van der Waals surface area contributed by atoms with Crippen LogP contribution >= 0.6 is 11.6 Å². The number of alkyl halides is 2. The second kappa shape index (κ2) is 8.68. The molecular weight excluding hydrogens is 462 g/mol. The van der Waals surface area contributed by atoms with E-state index in [1.165, 1.54) is 18.5 Å².